The number of carbonyl (C=O) groups is 1. The average Bonchev–Trinajstić information content (AvgIpc) is 2.57. The minimum absolute atomic E-state index is 0.141. The van der Waals surface area contributed by atoms with Crippen molar-refractivity contribution < 1.29 is 14.1 Å². The van der Waals surface area contributed by atoms with Gasteiger partial charge in [0.05, 0.1) is 6.04 Å². The Morgan fingerprint density at radius 3 is 2.50 bits per heavy atom. The van der Waals surface area contributed by atoms with Crippen LogP contribution in [0.1, 0.15) is 46.4 Å². The van der Waals surface area contributed by atoms with Crippen LogP contribution in [-0.2, 0) is 4.74 Å². The van der Waals surface area contributed by atoms with Crippen LogP contribution in [0.15, 0.2) is 10.6 Å². The van der Waals surface area contributed by atoms with Crippen LogP contribution < -0.4 is 11.1 Å². The van der Waals surface area contributed by atoms with Crippen LogP contribution in [0.3, 0.4) is 0 Å². The molecule has 1 unspecified atom stereocenters. The SMILES string of the molecule is CC(C)C(NC(=O)OC(C)(C)C)c1cc(N)on1. The normalized spacial score (nSPS) is 13.4. The van der Waals surface area contributed by atoms with E-state index in [9.17, 15) is 4.79 Å². The van der Waals surface area contributed by atoms with Gasteiger partial charge in [0.1, 0.15) is 11.3 Å². The lowest BCUT2D eigenvalue weighted by atomic mass is 10.0. The summed E-state index contributed by atoms with van der Waals surface area (Å²) in [6.45, 7) is 9.36. The molecule has 6 heteroatoms. The Morgan fingerprint density at radius 2 is 2.11 bits per heavy atom. The molecule has 1 atom stereocenters. The lowest BCUT2D eigenvalue weighted by molar-refractivity contribution is 0.0487. The minimum atomic E-state index is -0.533. The van der Waals surface area contributed by atoms with Gasteiger partial charge in [0.2, 0.25) is 5.88 Å². The highest BCUT2D eigenvalue weighted by Crippen LogP contribution is 2.22. The first-order chi connectivity index (χ1) is 8.19. The van der Waals surface area contributed by atoms with E-state index in [1.165, 1.54) is 0 Å². The first-order valence-corrected chi connectivity index (χ1v) is 5.90. The van der Waals surface area contributed by atoms with E-state index >= 15 is 0 Å². The van der Waals surface area contributed by atoms with Gasteiger partial charge in [0.15, 0.2) is 0 Å². The van der Waals surface area contributed by atoms with E-state index in [0.717, 1.165) is 0 Å². The fourth-order valence-electron chi connectivity index (χ4n) is 1.47. The van der Waals surface area contributed by atoms with E-state index in [1.54, 1.807) is 6.07 Å². The van der Waals surface area contributed by atoms with Crippen LogP contribution in [0.5, 0.6) is 0 Å². The van der Waals surface area contributed by atoms with Gasteiger partial charge in [-0.2, -0.15) is 0 Å². The van der Waals surface area contributed by atoms with Crippen LogP contribution in [0, 0.1) is 5.92 Å². The van der Waals surface area contributed by atoms with Gasteiger partial charge in [-0.05, 0) is 26.7 Å². The highest BCUT2D eigenvalue weighted by atomic mass is 16.6. The number of nitrogens with zero attached hydrogens (tertiary/aromatic N) is 1. The molecule has 0 aromatic carbocycles. The third kappa shape index (κ3) is 4.27. The predicted octanol–water partition coefficient (Wildman–Crippen LogP) is 2.48. The number of carbonyl (C=O) groups excluding carboxylic acids is 1. The van der Waals surface area contributed by atoms with Crippen molar-refractivity contribution in [3.05, 3.63) is 11.8 Å². The van der Waals surface area contributed by atoms with Crippen LogP contribution in [0.4, 0.5) is 10.7 Å². The molecule has 0 aliphatic rings. The summed E-state index contributed by atoms with van der Waals surface area (Å²) < 4.78 is 10.0. The third-order valence-electron chi connectivity index (χ3n) is 2.20. The second kappa shape index (κ2) is 5.29. The molecule has 1 aromatic rings. The number of anilines is 1. The van der Waals surface area contributed by atoms with Gasteiger partial charge in [0.25, 0.3) is 0 Å². The Labute approximate surface area is 107 Å². The number of alkyl carbamates (subject to hydrolysis) is 1. The maximum Gasteiger partial charge on any atom is 0.408 e. The maximum absolute atomic E-state index is 11.7. The van der Waals surface area contributed by atoms with E-state index in [0.29, 0.717) is 5.69 Å². The Bertz CT molecular complexity index is 407. The molecule has 0 saturated heterocycles. The van der Waals surface area contributed by atoms with Crippen molar-refractivity contribution in [1.82, 2.24) is 10.5 Å². The number of amides is 1. The Balaban J connectivity index is 2.73. The predicted molar refractivity (Wildman–Crippen MR) is 67.9 cm³/mol. The van der Waals surface area contributed by atoms with Crippen molar-refractivity contribution in [1.29, 1.82) is 0 Å². The van der Waals surface area contributed by atoms with Crippen LogP contribution in [-0.4, -0.2) is 16.9 Å². The topological polar surface area (TPSA) is 90.4 Å². The van der Waals surface area contributed by atoms with Crippen LogP contribution >= 0.6 is 0 Å². The van der Waals surface area contributed by atoms with Gasteiger partial charge in [-0.25, -0.2) is 4.79 Å². The quantitative estimate of drug-likeness (QED) is 0.865. The van der Waals surface area contributed by atoms with E-state index in [1.807, 2.05) is 34.6 Å². The van der Waals surface area contributed by atoms with Gasteiger partial charge >= 0.3 is 6.09 Å². The zero-order valence-corrected chi connectivity index (χ0v) is 11.5. The van der Waals surface area contributed by atoms with Gasteiger partial charge in [-0.3, -0.25) is 0 Å². The zero-order chi connectivity index (χ0) is 13.9. The summed E-state index contributed by atoms with van der Waals surface area (Å²) in [5.41, 5.74) is 5.53. The molecule has 0 saturated carbocycles. The van der Waals surface area contributed by atoms with Crippen molar-refractivity contribution in [2.75, 3.05) is 5.73 Å². The number of rotatable bonds is 3. The summed E-state index contributed by atoms with van der Waals surface area (Å²) in [6.07, 6.45) is -0.484. The second-order valence-electron chi connectivity index (χ2n) is 5.52. The molecular weight excluding hydrogens is 234 g/mol. The molecule has 1 aromatic heterocycles. The first-order valence-electron chi connectivity index (χ1n) is 5.90. The van der Waals surface area contributed by atoms with E-state index in [-0.39, 0.29) is 17.8 Å². The largest absolute Gasteiger partial charge is 0.444 e. The summed E-state index contributed by atoms with van der Waals surface area (Å²) in [7, 11) is 0. The molecule has 0 radical (unpaired) electrons. The summed E-state index contributed by atoms with van der Waals surface area (Å²) >= 11 is 0. The fraction of sp³-hybridized carbons (Fsp3) is 0.667. The van der Waals surface area contributed by atoms with Crippen LogP contribution in [0.25, 0.3) is 0 Å². The third-order valence-corrected chi connectivity index (χ3v) is 2.20. The number of hydrogen-bond donors (Lipinski definition) is 2. The monoisotopic (exact) mass is 255 g/mol. The average molecular weight is 255 g/mol. The van der Waals surface area contributed by atoms with Crippen LogP contribution in [0.2, 0.25) is 0 Å². The Morgan fingerprint density at radius 1 is 1.50 bits per heavy atom. The van der Waals surface area contributed by atoms with E-state index < -0.39 is 11.7 Å². The maximum atomic E-state index is 11.7. The number of aromatic nitrogens is 1. The molecule has 0 bridgehead atoms. The number of nitrogen functional groups attached to an aromatic ring is 1. The molecule has 3 N–H and O–H groups in total. The summed E-state index contributed by atoms with van der Waals surface area (Å²) in [5.74, 6) is 0.364. The molecule has 1 heterocycles. The van der Waals surface area contributed by atoms with Gasteiger partial charge in [-0.15, -0.1) is 0 Å². The number of hydrogen-bond acceptors (Lipinski definition) is 5. The fourth-order valence-corrected chi connectivity index (χ4v) is 1.47. The van der Waals surface area contributed by atoms with E-state index in [2.05, 4.69) is 10.5 Å². The molecule has 6 nitrogen and oxygen atoms in total. The van der Waals surface area contributed by atoms with E-state index in [4.69, 9.17) is 15.0 Å². The molecule has 0 aliphatic heterocycles. The number of ether oxygens (including phenoxy) is 1. The van der Waals surface area contributed by atoms with Gasteiger partial charge in [0, 0.05) is 6.07 Å². The number of nitrogens with two attached hydrogens (primary N) is 1. The second-order valence-corrected chi connectivity index (χ2v) is 5.52. The molecule has 1 rings (SSSR count). The van der Waals surface area contributed by atoms with Crippen molar-refractivity contribution >= 4 is 12.0 Å². The van der Waals surface area contributed by atoms with Crippen molar-refractivity contribution in [2.45, 2.75) is 46.3 Å². The highest BCUT2D eigenvalue weighted by molar-refractivity contribution is 5.68. The van der Waals surface area contributed by atoms with Crippen molar-refractivity contribution in [2.24, 2.45) is 5.92 Å². The number of nitrogens with one attached hydrogen (secondary N) is 1. The molecule has 0 fully saturated rings. The lowest BCUT2D eigenvalue weighted by Crippen LogP contribution is -2.37. The summed E-state index contributed by atoms with van der Waals surface area (Å²) in [5, 5.41) is 6.58. The van der Waals surface area contributed by atoms with Gasteiger partial charge < -0.3 is 20.3 Å². The smallest absolute Gasteiger partial charge is 0.408 e. The first kappa shape index (κ1) is 14.3. The Hall–Kier alpha value is -1.72. The Kier molecular flexibility index (Phi) is 4.21. The molecular formula is C12H21N3O3. The molecule has 102 valence electrons. The molecule has 1 amide bonds. The van der Waals surface area contributed by atoms with Gasteiger partial charge in [-0.1, -0.05) is 19.0 Å². The summed E-state index contributed by atoms with van der Waals surface area (Å²) in [6, 6.07) is 1.31. The van der Waals surface area contributed by atoms with Crippen molar-refractivity contribution in [3.63, 3.8) is 0 Å². The standard InChI is InChI=1S/C12H21N3O3/c1-7(2)10(8-6-9(13)18-15-8)14-11(16)17-12(3,4)5/h6-7,10H,13H2,1-5H3,(H,14,16). The zero-order valence-electron chi connectivity index (χ0n) is 11.5. The van der Waals surface area contributed by atoms with Crippen molar-refractivity contribution in [3.8, 4) is 0 Å². The lowest BCUT2D eigenvalue weighted by Gasteiger charge is -2.24. The highest BCUT2D eigenvalue weighted by Gasteiger charge is 2.24. The minimum Gasteiger partial charge on any atom is -0.444 e. The molecule has 0 aliphatic carbocycles. The summed E-state index contributed by atoms with van der Waals surface area (Å²) in [4.78, 5) is 11.7. The molecule has 18 heavy (non-hydrogen) atoms. The molecule has 0 spiro atoms.